The second kappa shape index (κ2) is 4.20. The second-order valence-electron chi connectivity index (χ2n) is 3.19. The first-order chi connectivity index (χ1) is 5.33. The molecule has 0 heterocycles. The Morgan fingerprint density at radius 2 is 2.00 bits per heavy atom. The van der Waals surface area contributed by atoms with Crippen LogP contribution in [0.2, 0.25) is 0 Å². The van der Waals surface area contributed by atoms with Crippen LogP contribution in [-0.2, 0) is 9.84 Å². The van der Waals surface area contributed by atoms with Gasteiger partial charge in [0.05, 0.1) is 11.4 Å². The van der Waals surface area contributed by atoms with Gasteiger partial charge in [-0.05, 0) is 13.3 Å². The molecule has 5 heteroatoms. The number of hydrogen-bond donors (Lipinski definition) is 2. The van der Waals surface area contributed by atoms with E-state index in [1.165, 1.54) is 6.92 Å². The van der Waals surface area contributed by atoms with Crippen LogP contribution >= 0.6 is 0 Å². The van der Waals surface area contributed by atoms with E-state index >= 15 is 0 Å². The van der Waals surface area contributed by atoms with E-state index in [-0.39, 0.29) is 24.5 Å². The lowest BCUT2D eigenvalue weighted by atomic mass is 10.1. The van der Waals surface area contributed by atoms with E-state index in [1.54, 1.807) is 6.92 Å². The molecule has 4 nitrogen and oxygen atoms in total. The van der Waals surface area contributed by atoms with Crippen LogP contribution in [0.1, 0.15) is 20.3 Å². The molecular formula is C7H17NO3S. The molecule has 0 aliphatic carbocycles. The Balaban J connectivity index is 4.00. The molecule has 0 bridgehead atoms. The number of nitrogens with two attached hydrogens (primary N) is 1. The van der Waals surface area contributed by atoms with Gasteiger partial charge in [0.2, 0.25) is 0 Å². The predicted molar refractivity (Wildman–Crippen MR) is 48.6 cm³/mol. The van der Waals surface area contributed by atoms with Gasteiger partial charge in [-0.1, -0.05) is 6.92 Å². The average molecular weight is 195 g/mol. The van der Waals surface area contributed by atoms with E-state index in [0.29, 0.717) is 0 Å². The highest BCUT2D eigenvalue weighted by atomic mass is 32.2. The highest BCUT2D eigenvalue weighted by Crippen LogP contribution is 2.08. The second-order valence-corrected chi connectivity index (χ2v) is 5.66. The summed E-state index contributed by atoms with van der Waals surface area (Å²) < 4.78 is 22.0. The van der Waals surface area contributed by atoms with Gasteiger partial charge in [0.25, 0.3) is 0 Å². The summed E-state index contributed by atoms with van der Waals surface area (Å²) in [6, 6.07) is 0. The molecule has 0 aromatic heterocycles. The number of sulfone groups is 1. The van der Waals surface area contributed by atoms with Gasteiger partial charge in [-0.2, -0.15) is 0 Å². The van der Waals surface area contributed by atoms with Gasteiger partial charge < -0.3 is 10.8 Å². The lowest BCUT2D eigenvalue weighted by molar-refractivity contribution is 0.0660. The van der Waals surface area contributed by atoms with Crippen LogP contribution in [0.5, 0.6) is 0 Å². The fraction of sp³-hybridized carbons (Fsp3) is 1.00. The van der Waals surface area contributed by atoms with Crippen molar-refractivity contribution in [1.29, 1.82) is 0 Å². The smallest absolute Gasteiger partial charge is 0.150 e. The molecule has 3 N–H and O–H groups in total. The quantitative estimate of drug-likeness (QED) is 0.621. The zero-order valence-corrected chi connectivity index (χ0v) is 8.39. The van der Waals surface area contributed by atoms with Gasteiger partial charge in [0.15, 0.2) is 0 Å². The summed E-state index contributed by atoms with van der Waals surface area (Å²) in [6.45, 7) is 3.22. The molecule has 0 amide bonds. The summed E-state index contributed by atoms with van der Waals surface area (Å²) in [5.74, 6) is 0.126. The molecule has 1 atom stereocenters. The zero-order valence-electron chi connectivity index (χ0n) is 7.58. The number of aliphatic hydroxyl groups is 1. The first kappa shape index (κ1) is 11.9. The minimum Gasteiger partial charge on any atom is -0.389 e. The Hall–Kier alpha value is -0.130. The van der Waals surface area contributed by atoms with E-state index in [2.05, 4.69) is 0 Å². The van der Waals surface area contributed by atoms with E-state index in [1.807, 2.05) is 0 Å². The lowest BCUT2D eigenvalue weighted by Crippen LogP contribution is -2.36. The van der Waals surface area contributed by atoms with Crippen LogP contribution in [0.15, 0.2) is 0 Å². The predicted octanol–water partition coefficient (Wildman–Crippen LogP) is -0.479. The summed E-state index contributed by atoms with van der Waals surface area (Å²) in [6.07, 6.45) is 0.208. The van der Waals surface area contributed by atoms with Crippen molar-refractivity contribution < 1.29 is 13.5 Å². The molecule has 0 aliphatic rings. The van der Waals surface area contributed by atoms with E-state index < -0.39 is 15.4 Å². The van der Waals surface area contributed by atoms with Gasteiger partial charge >= 0.3 is 0 Å². The SMILES string of the molecule is CCS(=O)(=O)CCC(C)(O)CN. The molecule has 0 saturated carbocycles. The first-order valence-corrected chi connectivity index (χ1v) is 5.78. The van der Waals surface area contributed by atoms with Crippen LogP contribution in [0.25, 0.3) is 0 Å². The monoisotopic (exact) mass is 195 g/mol. The van der Waals surface area contributed by atoms with Gasteiger partial charge in [-0.25, -0.2) is 8.42 Å². The minimum absolute atomic E-state index is 0.00764. The maximum Gasteiger partial charge on any atom is 0.150 e. The molecule has 0 radical (unpaired) electrons. The molecule has 1 unspecified atom stereocenters. The summed E-state index contributed by atoms with van der Waals surface area (Å²) in [5, 5.41) is 9.39. The first-order valence-electron chi connectivity index (χ1n) is 3.96. The molecule has 0 spiro atoms. The molecule has 0 saturated heterocycles. The van der Waals surface area contributed by atoms with Crippen molar-refractivity contribution in [2.24, 2.45) is 5.73 Å². The molecular weight excluding hydrogens is 178 g/mol. The minimum atomic E-state index is -2.98. The topological polar surface area (TPSA) is 80.4 Å². The number of hydrogen-bond acceptors (Lipinski definition) is 4. The zero-order chi connectivity index (χ0) is 9.83. The molecule has 0 aliphatic heterocycles. The third-order valence-electron chi connectivity index (χ3n) is 1.83. The molecule has 12 heavy (non-hydrogen) atoms. The van der Waals surface area contributed by atoms with Gasteiger partial charge in [0, 0.05) is 12.3 Å². The Labute approximate surface area is 73.7 Å². The normalized spacial score (nSPS) is 17.3. The largest absolute Gasteiger partial charge is 0.389 e. The fourth-order valence-electron chi connectivity index (χ4n) is 0.622. The van der Waals surface area contributed by atoms with Crippen molar-refractivity contribution in [3.63, 3.8) is 0 Å². The van der Waals surface area contributed by atoms with Crippen molar-refractivity contribution >= 4 is 9.84 Å². The van der Waals surface area contributed by atoms with Crippen molar-refractivity contribution in [3.05, 3.63) is 0 Å². The maximum atomic E-state index is 11.0. The van der Waals surface area contributed by atoms with Crippen molar-refractivity contribution in [2.75, 3.05) is 18.1 Å². The summed E-state index contributed by atoms with van der Waals surface area (Å²) in [5.41, 5.74) is 4.18. The molecule has 0 aromatic carbocycles. The summed E-state index contributed by atoms with van der Waals surface area (Å²) in [7, 11) is -2.98. The molecule has 0 rings (SSSR count). The van der Waals surface area contributed by atoms with Gasteiger partial charge in [-0.3, -0.25) is 0 Å². The van der Waals surface area contributed by atoms with Gasteiger partial charge in [-0.15, -0.1) is 0 Å². The molecule has 0 aromatic rings. The Morgan fingerprint density at radius 1 is 1.50 bits per heavy atom. The van der Waals surface area contributed by atoms with Crippen LogP contribution in [0.4, 0.5) is 0 Å². The maximum absolute atomic E-state index is 11.0. The van der Waals surface area contributed by atoms with Crippen molar-refractivity contribution in [3.8, 4) is 0 Å². The standard InChI is InChI=1S/C7H17NO3S/c1-3-12(10,11)5-4-7(2,9)6-8/h9H,3-6,8H2,1-2H3. The Morgan fingerprint density at radius 3 is 2.33 bits per heavy atom. The highest BCUT2D eigenvalue weighted by Gasteiger charge is 2.21. The Bertz CT molecular complexity index is 221. The average Bonchev–Trinajstić information content (AvgIpc) is 2.02. The lowest BCUT2D eigenvalue weighted by Gasteiger charge is -2.20. The number of rotatable bonds is 5. The van der Waals surface area contributed by atoms with Crippen LogP contribution in [-0.4, -0.2) is 37.2 Å². The third kappa shape index (κ3) is 4.69. The van der Waals surface area contributed by atoms with E-state index in [0.717, 1.165) is 0 Å². The fourth-order valence-corrected chi connectivity index (χ4v) is 1.66. The highest BCUT2D eigenvalue weighted by molar-refractivity contribution is 7.91. The van der Waals surface area contributed by atoms with Crippen LogP contribution in [0, 0.1) is 0 Å². The van der Waals surface area contributed by atoms with Crippen LogP contribution < -0.4 is 5.73 Å². The summed E-state index contributed by atoms with van der Waals surface area (Å²) >= 11 is 0. The van der Waals surface area contributed by atoms with E-state index in [4.69, 9.17) is 5.73 Å². The van der Waals surface area contributed by atoms with Crippen molar-refractivity contribution in [2.45, 2.75) is 25.9 Å². The van der Waals surface area contributed by atoms with Gasteiger partial charge in [0.1, 0.15) is 9.84 Å². The Kier molecular flexibility index (Phi) is 4.16. The van der Waals surface area contributed by atoms with Crippen molar-refractivity contribution in [1.82, 2.24) is 0 Å². The molecule has 74 valence electrons. The molecule has 0 fully saturated rings. The van der Waals surface area contributed by atoms with E-state index in [9.17, 15) is 13.5 Å². The van der Waals surface area contributed by atoms with Crippen LogP contribution in [0.3, 0.4) is 0 Å². The summed E-state index contributed by atoms with van der Waals surface area (Å²) in [4.78, 5) is 0. The third-order valence-corrected chi connectivity index (χ3v) is 3.54.